The number of aliphatic hydroxyl groups is 1. The molecule has 0 aliphatic heterocycles. The van der Waals surface area contributed by atoms with Crippen LogP contribution in [-0.4, -0.2) is 11.2 Å². The van der Waals surface area contributed by atoms with Crippen LogP contribution in [0.2, 0.25) is 0 Å². The molecule has 0 aromatic heterocycles. The summed E-state index contributed by atoms with van der Waals surface area (Å²) >= 11 is 0. The summed E-state index contributed by atoms with van der Waals surface area (Å²) in [4.78, 5) is 0. The summed E-state index contributed by atoms with van der Waals surface area (Å²) in [7, 11) is 0. The molecule has 0 spiro atoms. The minimum Gasteiger partial charge on any atom is -0.389 e. The highest BCUT2D eigenvalue weighted by molar-refractivity contribution is 5.26. The number of hydrogen-bond acceptors (Lipinski definition) is 1. The van der Waals surface area contributed by atoms with E-state index in [1.54, 1.807) is 6.92 Å². The first-order chi connectivity index (χ1) is 5.22. The second-order valence-corrected chi connectivity index (χ2v) is 2.37. The van der Waals surface area contributed by atoms with Gasteiger partial charge in [-0.25, -0.2) is 0 Å². The molecular weight excluding hydrogens is 136 g/mol. The molecule has 1 N–H and O–H groups in total. The van der Waals surface area contributed by atoms with Crippen LogP contribution in [0, 0.1) is 0 Å². The third-order valence-corrected chi connectivity index (χ3v) is 1.32. The molecule has 0 aromatic carbocycles. The van der Waals surface area contributed by atoms with Crippen molar-refractivity contribution in [3.8, 4) is 0 Å². The molecule has 0 fully saturated rings. The van der Waals surface area contributed by atoms with Crippen LogP contribution >= 0.6 is 0 Å². The summed E-state index contributed by atoms with van der Waals surface area (Å²) in [5, 5.41) is 9.22. The van der Waals surface area contributed by atoms with Gasteiger partial charge in [-0.1, -0.05) is 30.4 Å². The Morgan fingerprint density at radius 1 is 1.27 bits per heavy atom. The molecule has 1 unspecified atom stereocenters. The molecule has 0 aliphatic carbocycles. The molecular formula is C10H16O. The first-order valence-corrected chi connectivity index (χ1v) is 3.86. The number of hydrogen-bond donors (Lipinski definition) is 1. The van der Waals surface area contributed by atoms with Crippen LogP contribution in [0.15, 0.2) is 36.0 Å². The second-order valence-electron chi connectivity index (χ2n) is 2.37. The van der Waals surface area contributed by atoms with Gasteiger partial charge >= 0.3 is 0 Å². The summed E-state index contributed by atoms with van der Waals surface area (Å²) in [6.45, 7) is 5.65. The lowest BCUT2D eigenvalue weighted by Gasteiger charge is -2.02. The number of aliphatic hydroxyl groups excluding tert-OH is 1. The normalized spacial score (nSPS) is 16.5. The van der Waals surface area contributed by atoms with Crippen molar-refractivity contribution in [1.82, 2.24) is 0 Å². The average Bonchev–Trinajstić information content (AvgIpc) is 1.97. The van der Waals surface area contributed by atoms with Gasteiger partial charge in [-0.2, -0.15) is 0 Å². The highest BCUT2D eigenvalue weighted by Crippen LogP contribution is 2.03. The molecule has 1 atom stereocenters. The van der Waals surface area contributed by atoms with Crippen LogP contribution in [0.3, 0.4) is 0 Å². The Morgan fingerprint density at radius 2 is 1.91 bits per heavy atom. The topological polar surface area (TPSA) is 20.2 Å². The maximum Gasteiger partial charge on any atom is 0.0761 e. The summed E-state index contributed by atoms with van der Waals surface area (Å²) in [6, 6.07) is 0. The van der Waals surface area contributed by atoms with Gasteiger partial charge in [-0.05, 0) is 26.3 Å². The van der Waals surface area contributed by atoms with Gasteiger partial charge in [-0.15, -0.1) is 0 Å². The minimum atomic E-state index is -0.387. The van der Waals surface area contributed by atoms with E-state index >= 15 is 0 Å². The van der Waals surface area contributed by atoms with E-state index in [2.05, 4.69) is 0 Å². The van der Waals surface area contributed by atoms with Gasteiger partial charge in [0.25, 0.3) is 0 Å². The standard InChI is InChI=1S/C10H16O/c1-4-6-8-10(7-5-2)9(3)11/h4-9,11H,1-3H3/b6-4-,7-5+,10-8+. The number of rotatable bonds is 3. The molecule has 0 saturated carbocycles. The zero-order chi connectivity index (χ0) is 8.69. The van der Waals surface area contributed by atoms with E-state index in [0.717, 1.165) is 5.57 Å². The van der Waals surface area contributed by atoms with Crippen LogP contribution in [0.1, 0.15) is 20.8 Å². The van der Waals surface area contributed by atoms with Gasteiger partial charge in [0.2, 0.25) is 0 Å². The fourth-order valence-electron chi connectivity index (χ4n) is 0.734. The molecule has 0 bridgehead atoms. The fourth-order valence-corrected chi connectivity index (χ4v) is 0.734. The van der Waals surface area contributed by atoms with Crippen molar-refractivity contribution in [2.75, 3.05) is 0 Å². The highest BCUT2D eigenvalue weighted by atomic mass is 16.3. The predicted molar refractivity (Wildman–Crippen MR) is 49.4 cm³/mol. The Hall–Kier alpha value is -0.820. The second kappa shape index (κ2) is 5.93. The van der Waals surface area contributed by atoms with Crippen LogP contribution in [0.4, 0.5) is 0 Å². The van der Waals surface area contributed by atoms with Crippen LogP contribution in [-0.2, 0) is 0 Å². The molecule has 1 nitrogen and oxygen atoms in total. The molecule has 11 heavy (non-hydrogen) atoms. The molecule has 0 saturated heterocycles. The van der Waals surface area contributed by atoms with Crippen molar-refractivity contribution >= 4 is 0 Å². The van der Waals surface area contributed by atoms with Crippen LogP contribution in [0.25, 0.3) is 0 Å². The lowest BCUT2D eigenvalue weighted by molar-refractivity contribution is 0.235. The Balaban J connectivity index is 4.32. The first-order valence-electron chi connectivity index (χ1n) is 3.86. The quantitative estimate of drug-likeness (QED) is 0.616. The van der Waals surface area contributed by atoms with Gasteiger partial charge in [0.1, 0.15) is 0 Å². The van der Waals surface area contributed by atoms with Gasteiger partial charge in [0.15, 0.2) is 0 Å². The maximum atomic E-state index is 9.22. The zero-order valence-electron chi connectivity index (χ0n) is 7.41. The fraction of sp³-hybridized carbons (Fsp3) is 0.400. The van der Waals surface area contributed by atoms with Crippen LogP contribution < -0.4 is 0 Å². The van der Waals surface area contributed by atoms with Gasteiger partial charge < -0.3 is 5.11 Å². The van der Waals surface area contributed by atoms with Gasteiger partial charge in [0.05, 0.1) is 6.10 Å². The van der Waals surface area contributed by atoms with Crippen LogP contribution in [0.5, 0.6) is 0 Å². The van der Waals surface area contributed by atoms with E-state index in [4.69, 9.17) is 0 Å². The summed E-state index contributed by atoms with van der Waals surface area (Å²) in [5.41, 5.74) is 0.936. The van der Waals surface area contributed by atoms with Crippen molar-refractivity contribution < 1.29 is 5.11 Å². The van der Waals surface area contributed by atoms with E-state index in [0.29, 0.717) is 0 Å². The Kier molecular flexibility index (Phi) is 5.49. The molecule has 1 heteroatoms. The predicted octanol–water partition coefficient (Wildman–Crippen LogP) is 2.45. The van der Waals surface area contributed by atoms with E-state index in [1.807, 2.05) is 44.2 Å². The Morgan fingerprint density at radius 3 is 2.27 bits per heavy atom. The van der Waals surface area contributed by atoms with Gasteiger partial charge in [0, 0.05) is 0 Å². The minimum absolute atomic E-state index is 0.387. The smallest absolute Gasteiger partial charge is 0.0761 e. The molecule has 0 amide bonds. The van der Waals surface area contributed by atoms with Crippen molar-refractivity contribution in [1.29, 1.82) is 0 Å². The Bertz CT molecular complexity index is 173. The summed E-state index contributed by atoms with van der Waals surface area (Å²) < 4.78 is 0. The molecule has 62 valence electrons. The van der Waals surface area contributed by atoms with Crippen molar-refractivity contribution in [3.63, 3.8) is 0 Å². The van der Waals surface area contributed by atoms with E-state index in [1.165, 1.54) is 0 Å². The molecule has 0 rings (SSSR count). The lowest BCUT2D eigenvalue weighted by atomic mass is 10.1. The van der Waals surface area contributed by atoms with Crippen molar-refractivity contribution in [3.05, 3.63) is 36.0 Å². The molecule has 0 aliphatic rings. The number of allylic oxidation sites excluding steroid dienone is 4. The largest absolute Gasteiger partial charge is 0.389 e. The molecule has 0 heterocycles. The Labute approximate surface area is 68.7 Å². The third-order valence-electron chi connectivity index (χ3n) is 1.32. The highest BCUT2D eigenvalue weighted by Gasteiger charge is 1.97. The maximum absolute atomic E-state index is 9.22. The average molecular weight is 152 g/mol. The van der Waals surface area contributed by atoms with E-state index < -0.39 is 0 Å². The zero-order valence-corrected chi connectivity index (χ0v) is 7.41. The molecule has 0 radical (unpaired) electrons. The summed E-state index contributed by atoms with van der Waals surface area (Å²) in [6.07, 6.45) is 9.20. The molecule has 0 aromatic rings. The third kappa shape index (κ3) is 4.57. The summed E-state index contributed by atoms with van der Waals surface area (Å²) in [5.74, 6) is 0. The van der Waals surface area contributed by atoms with Gasteiger partial charge in [-0.3, -0.25) is 0 Å². The van der Waals surface area contributed by atoms with E-state index in [-0.39, 0.29) is 6.10 Å². The SMILES string of the molecule is C\C=C/C=C(\C=C\C)C(C)O. The van der Waals surface area contributed by atoms with E-state index in [9.17, 15) is 5.11 Å². The monoisotopic (exact) mass is 152 g/mol. The lowest BCUT2D eigenvalue weighted by Crippen LogP contribution is -2.01. The van der Waals surface area contributed by atoms with Crippen molar-refractivity contribution in [2.45, 2.75) is 26.9 Å². The van der Waals surface area contributed by atoms with Crippen molar-refractivity contribution in [2.24, 2.45) is 0 Å². The first kappa shape index (κ1) is 10.2.